The molecule has 1 heterocycles. The first-order valence-electron chi connectivity index (χ1n) is 9.44. The Morgan fingerprint density at radius 2 is 1.52 bits per heavy atom. The van der Waals surface area contributed by atoms with Gasteiger partial charge < -0.3 is 19.1 Å². The molecule has 7 nitrogen and oxygen atoms in total. The minimum Gasteiger partial charge on any atom is -0.502 e. The SMILES string of the molecule is COc1cc(Cn2c3ccccc3c(=O)c3ccc(S(C)(=O)=O)cc32)cc(OC)c1O. The van der Waals surface area contributed by atoms with E-state index in [0.717, 1.165) is 11.8 Å². The van der Waals surface area contributed by atoms with Crippen molar-refractivity contribution in [2.75, 3.05) is 20.5 Å². The third-order valence-corrected chi connectivity index (χ3v) is 6.36. The van der Waals surface area contributed by atoms with Crippen LogP contribution in [-0.4, -0.2) is 38.6 Å². The number of aromatic nitrogens is 1. The highest BCUT2D eigenvalue weighted by Gasteiger charge is 2.17. The Morgan fingerprint density at radius 1 is 0.903 bits per heavy atom. The standard InChI is InChI=1S/C23H21NO6S/c1-29-20-10-14(11-21(30-2)23(20)26)13-24-18-7-5-4-6-16(18)22(25)17-9-8-15(12-19(17)24)31(3,27)28/h4-12,26H,13H2,1-3H3. The Labute approximate surface area is 179 Å². The Morgan fingerprint density at radius 3 is 2.13 bits per heavy atom. The maximum Gasteiger partial charge on any atom is 0.200 e. The maximum absolute atomic E-state index is 13.1. The van der Waals surface area contributed by atoms with Gasteiger partial charge in [0.05, 0.1) is 30.1 Å². The van der Waals surface area contributed by atoms with Crippen LogP contribution in [0.3, 0.4) is 0 Å². The normalized spacial score (nSPS) is 11.7. The van der Waals surface area contributed by atoms with Crippen LogP contribution in [0, 0.1) is 0 Å². The van der Waals surface area contributed by atoms with Crippen molar-refractivity contribution in [3.8, 4) is 17.2 Å². The summed E-state index contributed by atoms with van der Waals surface area (Å²) in [5.41, 5.74) is 1.74. The molecule has 1 N–H and O–H groups in total. The van der Waals surface area contributed by atoms with Crippen molar-refractivity contribution in [3.05, 3.63) is 70.4 Å². The first kappa shape index (κ1) is 20.7. The molecule has 31 heavy (non-hydrogen) atoms. The lowest BCUT2D eigenvalue weighted by Gasteiger charge is -2.17. The van der Waals surface area contributed by atoms with Gasteiger partial charge >= 0.3 is 0 Å². The summed E-state index contributed by atoms with van der Waals surface area (Å²) in [6.45, 7) is 0.289. The Bertz CT molecular complexity index is 1460. The van der Waals surface area contributed by atoms with E-state index in [4.69, 9.17) is 9.47 Å². The number of ether oxygens (including phenoxy) is 2. The summed E-state index contributed by atoms with van der Waals surface area (Å²) in [5, 5.41) is 11.2. The molecule has 160 valence electrons. The van der Waals surface area contributed by atoms with Gasteiger partial charge in [0.1, 0.15) is 0 Å². The van der Waals surface area contributed by atoms with Crippen LogP contribution >= 0.6 is 0 Å². The van der Waals surface area contributed by atoms with Gasteiger partial charge in [0.2, 0.25) is 5.75 Å². The fraction of sp³-hybridized carbons (Fsp3) is 0.174. The molecule has 0 amide bonds. The number of fused-ring (bicyclic) bond motifs is 2. The monoisotopic (exact) mass is 439 g/mol. The molecule has 0 fully saturated rings. The molecule has 8 heteroatoms. The van der Waals surface area contributed by atoms with Crippen LogP contribution in [-0.2, 0) is 16.4 Å². The van der Waals surface area contributed by atoms with Gasteiger partial charge in [-0.2, -0.15) is 0 Å². The van der Waals surface area contributed by atoms with Crippen molar-refractivity contribution in [2.45, 2.75) is 11.4 Å². The molecule has 0 radical (unpaired) electrons. The van der Waals surface area contributed by atoms with Crippen molar-refractivity contribution in [1.82, 2.24) is 4.57 Å². The summed E-state index contributed by atoms with van der Waals surface area (Å²) >= 11 is 0. The largest absolute Gasteiger partial charge is 0.502 e. The fourth-order valence-electron chi connectivity index (χ4n) is 3.73. The third-order valence-electron chi connectivity index (χ3n) is 5.25. The molecule has 0 aliphatic carbocycles. The van der Waals surface area contributed by atoms with E-state index in [1.165, 1.54) is 26.4 Å². The summed E-state index contributed by atoms with van der Waals surface area (Å²) in [7, 11) is -0.575. The van der Waals surface area contributed by atoms with Crippen LogP contribution in [0.15, 0.2) is 64.3 Å². The molecule has 4 aromatic rings. The number of para-hydroxylation sites is 1. The summed E-state index contributed by atoms with van der Waals surface area (Å²) in [4.78, 5) is 13.2. The number of hydrogen-bond donors (Lipinski definition) is 1. The highest BCUT2D eigenvalue weighted by atomic mass is 32.2. The van der Waals surface area contributed by atoms with Gasteiger partial charge in [-0.25, -0.2) is 8.42 Å². The molecular weight excluding hydrogens is 418 g/mol. The molecular formula is C23H21NO6S. The molecule has 0 spiro atoms. The van der Waals surface area contributed by atoms with Crippen LogP contribution in [0.4, 0.5) is 0 Å². The van der Waals surface area contributed by atoms with Gasteiger partial charge in [0, 0.05) is 23.6 Å². The molecule has 1 aromatic heterocycles. The first-order chi connectivity index (χ1) is 14.7. The van der Waals surface area contributed by atoms with Crippen LogP contribution < -0.4 is 14.9 Å². The average molecular weight is 439 g/mol. The van der Waals surface area contributed by atoms with Gasteiger partial charge in [-0.05, 0) is 48.0 Å². The van der Waals surface area contributed by atoms with E-state index >= 15 is 0 Å². The number of benzene rings is 3. The quantitative estimate of drug-likeness (QED) is 0.480. The number of aromatic hydroxyl groups is 1. The van der Waals surface area contributed by atoms with Crippen molar-refractivity contribution >= 4 is 31.6 Å². The van der Waals surface area contributed by atoms with Crippen molar-refractivity contribution in [2.24, 2.45) is 0 Å². The Balaban J connectivity index is 2.06. The second kappa shape index (κ2) is 7.63. The van der Waals surface area contributed by atoms with Crippen molar-refractivity contribution < 1.29 is 23.0 Å². The van der Waals surface area contributed by atoms with E-state index in [1.54, 1.807) is 30.3 Å². The molecule has 0 aliphatic rings. The molecule has 0 unspecified atom stereocenters. The zero-order chi connectivity index (χ0) is 22.3. The predicted molar refractivity (Wildman–Crippen MR) is 119 cm³/mol. The molecule has 3 aromatic carbocycles. The zero-order valence-electron chi connectivity index (χ0n) is 17.2. The minimum absolute atomic E-state index is 0.109. The van der Waals surface area contributed by atoms with E-state index in [1.807, 2.05) is 16.7 Å². The van der Waals surface area contributed by atoms with Crippen LogP contribution in [0.5, 0.6) is 17.2 Å². The minimum atomic E-state index is -3.47. The molecule has 0 saturated heterocycles. The first-order valence-corrected chi connectivity index (χ1v) is 11.3. The summed E-state index contributed by atoms with van der Waals surface area (Å²) in [6.07, 6.45) is 1.13. The highest BCUT2D eigenvalue weighted by Crippen LogP contribution is 2.37. The Hall–Kier alpha value is -3.52. The van der Waals surface area contributed by atoms with Crippen molar-refractivity contribution in [1.29, 1.82) is 0 Å². The Kier molecular flexibility index (Phi) is 5.10. The second-order valence-corrected chi connectivity index (χ2v) is 9.25. The van der Waals surface area contributed by atoms with Gasteiger partial charge in [-0.15, -0.1) is 0 Å². The van der Waals surface area contributed by atoms with Crippen LogP contribution in [0.2, 0.25) is 0 Å². The van der Waals surface area contributed by atoms with Gasteiger partial charge in [-0.1, -0.05) is 12.1 Å². The highest BCUT2D eigenvalue weighted by molar-refractivity contribution is 7.90. The summed E-state index contributed by atoms with van der Waals surface area (Å²) in [5.74, 6) is 0.393. The average Bonchev–Trinajstić information content (AvgIpc) is 2.76. The van der Waals surface area contributed by atoms with E-state index in [0.29, 0.717) is 21.8 Å². The third kappa shape index (κ3) is 3.59. The second-order valence-electron chi connectivity index (χ2n) is 7.23. The smallest absolute Gasteiger partial charge is 0.200 e. The lowest BCUT2D eigenvalue weighted by atomic mass is 10.1. The van der Waals surface area contributed by atoms with E-state index in [9.17, 15) is 18.3 Å². The number of phenols is 1. The number of sulfone groups is 1. The molecule has 0 bridgehead atoms. The fourth-order valence-corrected chi connectivity index (χ4v) is 4.37. The van der Waals surface area contributed by atoms with E-state index < -0.39 is 9.84 Å². The summed E-state index contributed by atoms with van der Waals surface area (Å²) in [6, 6.07) is 15.1. The van der Waals surface area contributed by atoms with Gasteiger partial charge in [0.15, 0.2) is 26.8 Å². The number of phenolic OH excluding ortho intramolecular Hbond substituents is 1. The van der Waals surface area contributed by atoms with Crippen molar-refractivity contribution in [3.63, 3.8) is 0 Å². The number of nitrogens with zero attached hydrogens (tertiary/aromatic N) is 1. The van der Waals surface area contributed by atoms with Gasteiger partial charge in [0.25, 0.3) is 0 Å². The number of methoxy groups -OCH3 is 2. The summed E-state index contributed by atoms with van der Waals surface area (Å²) < 4.78 is 36.7. The van der Waals surface area contributed by atoms with E-state index in [2.05, 4.69) is 0 Å². The molecule has 4 rings (SSSR count). The maximum atomic E-state index is 13.1. The molecule has 0 aliphatic heterocycles. The topological polar surface area (TPSA) is 94.8 Å². The molecule has 0 saturated carbocycles. The van der Waals surface area contributed by atoms with E-state index in [-0.39, 0.29) is 34.1 Å². The van der Waals surface area contributed by atoms with Gasteiger partial charge in [-0.3, -0.25) is 4.79 Å². The zero-order valence-corrected chi connectivity index (χ0v) is 18.1. The lowest BCUT2D eigenvalue weighted by Crippen LogP contribution is -2.13. The lowest BCUT2D eigenvalue weighted by molar-refractivity contribution is 0.339. The van der Waals surface area contributed by atoms with Crippen LogP contribution in [0.1, 0.15) is 5.56 Å². The molecule has 0 atom stereocenters. The number of rotatable bonds is 5. The number of pyridine rings is 1. The van der Waals surface area contributed by atoms with Crippen LogP contribution in [0.25, 0.3) is 21.8 Å². The number of hydrogen-bond acceptors (Lipinski definition) is 6. The predicted octanol–water partition coefficient (Wildman–Crippen LogP) is 3.33.